The summed E-state index contributed by atoms with van der Waals surface area (Å²) >= 11 is 12.1. The Kier molecular flexibility index (Phi) is 6.89. The largest absolute Gasteiger partial charge is 0.362 e. The first kappa shape index (κ1) is 25.1. The Morgan fingerprint density at radius 3 is 2.51 bits per heavy atom. The number of fused-ring (bicyclic) bond motifs is 1. The van der Waals surface area contributed by atoms with E-state index in [1.165, 1.54) is 4.90 Å². The number of amides is 2. The number of para-hydroxylation sites is 1. The number of nitrogens with one attached hydrogen (secondary N) is 1. The molecule has 0 bridgehead atoms. The number of nitrogens with zero attached hydrogens (tertiary/aromatic N) is 2. The second kappa shape index (κ2) is 9.59. The number of carbonyl (C=O) groups is 2. The molecule has 2 aromatic rings. The molecule has 1 N–H and O–H groups in total. The van der Waals surface area contributed by atoms with E-state index < -0.39 is 11.8 Å². The van der Waals surface area contributed by atoms with Crippen LogP contribution >= 0.6 is 23.8 Å². The molecule has 7 heteroatoms. The van der Waals surface area contributed by atoms with E-state index in [0.717, 1.165) is 41.8 Å². The smallest absolute Gasteiger partial charge is 0.270 e. The van der Waals surface area contributed by atoms with Crippen LogP contribution in [0.15, 0.2) is 48.0 Å². The number of thiocarbonyl (C=S) groups is 1. The molecule has 0 aromatic heterocycles. The minimum Gasteiger partial charge on any atom is -0.362 e. The lowest BCUT2D eigenvalue weighted by Crippen LogP contribution is -2.54. The lowest BCUT2D eigenvalue weighted by atomic mass is 9.87. The number of hydrogen-bond acceptors (Lipinski definition) is 4. The molecule has 0 atom stereocenters. The van der Waals surface area contributed by atoms with Gasteiger partial charge in [-0.15, -0.1) is 0 Å². The lowest BCUT2D eigenvalue weighted by molar-refractivity contribution is -0.122. The highest BCUT2D eigenvalue weighted by Gasteiger charge is 2.36. The number of anilines is 2. The molecule has 1 fully saturated rings. The lowest BCUT2D eigenvalue weighted by Gasteiger charge is -2.43. The van der Waals surface area contributed by atoms with Crippen molar-refractivity contribution < 1.29 is 9.59 Å². The fourth-order valence-electron chi connectivity index (χ4n) is 4.92. The SMILES string of the molecule is CCCN1c2cc(Cl)c(/C=C3/C(=O)NC(=S)N(c4ccccc4CC)C3=O)cc2C(C)=CC1(C)C. The maximum absolute atomic E-state index is 13.6. The maximum Gasteiger partial charge on any atom is 0.270 e. The summed E-state index contributed by atoms with van der Waals surface area (Å²) < 4.78 is 0. The molecule has 0 saturated carbocycles. The van der Waals surface area contributed by atoms with Gasteiger partial charge in [0.2, 0.25) is 0 Å². The Balaban J connectivity index is 1.80. The summed E-state index contributed by atoms with van der Waals surface area (Å²) in [6, 6.07) is 11.5. The van der Waals surface area contributed by atoms with Crippen molar-refractivity contribution in [3.05, 3.63) is 69.8 Å². The zero-order valence-electron chi connectivity index (χ0n) is 20.7. The molecule has 0 radical (unpaired) electrons. The average molecular weight is 508 g/mol. The molecule has 2 heterocycles. The first-order valence-electron chi connectivity index (χ1n) is 11.9. The van der Waals surface area contributed by atoms with Crippen LogP contribution in [0.1, 0.15) is 57.7 Å². The topological polar surface area (TPSA) is 52.7 Å². The quantitative estimate of drug-likeness (QED) is 0.300. The van der Waals surface area contributed by atoms with Crippen molar-refractivity contribution >= 4 is 63.8 Å². The molecule has 2 aliphatic heterocycles. The van der Waals surface area contributed by atoms with E-state index in [1.54, 1.807) is 6.08 Å². The highest BCUT2D eigenvalue weighted by Crippen LogP contribution is 2.42. The minimum atomic E-state index is -0.528. The summed E-state index contributed by atoms with van der Waals surface area (Å²) in [4.78, 5) is 30.2. The van der Waals surface area contributed by atoms with Gasteiger partial charge in [0.25, 0.3) is 11.8 Å². The summed E-state index contributed by atoms with van der Waals surface area (Å²) in [6.45, 7) is 11.5. The van der Waals surface area contributed by atoms with Gasteiger partial charge in [-0.2, -0.15) is 0 Å². The molecule has 1 saturated heterocycles. The van der Waals surface area contributed by atoms with Crippen molar-refractivity contribution in [1.29, 1.82) is 0 Å². The van der Waals surface area contributed by atoms with Crippen LogP contribution in [-0.4, -0.2) is 29.0 Å². The van der Waals surface area contributed by atoms with Gasteiger partial charge in [0.15, 0.2) is 5.11 Å². The predicted octanol–water partition coefficient (Wildman–Crippen LogP) is 6.15. The van der Waals surface area contributed by atoms with Crippen LogP contribution in [0.3, 0.4) is 0 Å². The van der Waals surface area contributed by atoms with Gasteiger partial charge < -0.3 is 4.90 Å². The third-order valence-corrected chi connectivity index (χ3v) is 7.17. The maximum atomic E-state index is 13.6. The zero-order valence-corrected chi connectivity index (χ0v) is 22.3. The molecule has 4 rings (SSSR count). The third kappa shape index (κ3) is 4.53. The van der Waals surface area contributed by atoms with Gasteiger partial charge in [-0.3, -0.25) is 19.8 Å². The first-order valence-corrected chi connectivity index (χ1v) is 12.7. The molecule has 2 amide bonds. The molecular formula is C28H30ClN3O2S. The Bertz CT molecular complexity index is 1300. The van der Waals surface area contributed by atoms with Gasteiger partial charge in [0.05, 0.1) is 11.2 Å². The molecule has 0 spiro atoms. The van der Waals surface area contributed by atoms with Crippen molar-refractivity contribution in [3.63, 3.8) is 0 Å². The standard InChI is InChI=1S/C28H30ClN3O2S/c1-6-12-31-24-15-22(29)19(13-20(24)17(3)16-28(31,4)5)14-21-25(33)30-27(35)32(26(21)34)23-11-9-8-10-18(23)7-2/h8-11,13-16H,6-7,12H2,1-5H3,(H,30,33,35)/b21-14-. The summed E-state index contributed by atoms with van der Waals surface area (Å²) in [6.07, 6.45) is 5.54. The fraction of sp³-hybridized carbons (Fsp3) is 0.321. The van der Waals surface area contributed by atoms with Crippen LogP contribution in [0.4, 0.5) is 11.4 Å². The molecule has 35 heavy (non-hydrogen) atoms. The van der Waals surface area contributed by atoms with Crippen LogP contribution in [0, 0.1) is 0 Å². The van der Waals surface area contributed by atoms with Gasteiger partial charge in [-0.1, -0.05) is 49.7 Å². The molecule has 2 aliphatic rings. The molecule has 0 unspecified atom stereocenters. The highest BCUT2D eigenvalue weighted by atomic mass is 35.5. The first-order chi connectivity index (χ1) is 16.6. The molecule has 2 aromatic carbocycles. The number of carbonyl (C=O) groups excluding carboxylic acids is 2. The number of rotatable bonds is 5. The van der Waals surface area contributed by atoms with E-state index in [9.17, 15) is 9.59 Å². The second-order valence-electron chi connectivity index (χ2n) is 9.46. The van der Waals surface area contributed by atoms with E-state index in [-0.39, 0.29) is 16.2 Å². The van der Waals surface area contributed by atoms with Crippen LogP contribution in [0.2, 0.25) is 5.02 Å². The molecule has 0 aliphatic carbocycles. The monoisotopic (exact) mass is 507 g/mol. The van der Waals surface area contributed by atoms with E-state index in [1.807, 2.05) is 43.3 Å². The average Bonchev–Trinajstić information content (AvgIpc) is 2.79. The second-order valence-corrected chi connectivity index (χ2v) is 10.3. The van der Waals surface area contributed by atoms with Gasteiger partial charge in [0, 0.05) is 22.8 Å². The van der Waals surface area contributed by atoms with E-state index in [2.05, 4.69) is 44.0 Å². The fourth-order valence-corrected chi connectivity index (χ4v) is 5.40. The van der Waals surface area contributed by atoms with Crippen molar-refractivity contribution in [2.75, 3.05) is 16.3 Å². The molecule has 182 valence electrons. The summed E-state index contributed by atoms with van der Waals surface area (Å²) in [7, 11) is 0. The predicted molar refractivity (Wildman–Crippen MR) is 149 cm³/mol. The Labute approximate surface area is 217 Å². The van der Waals surface area contributed by atoms with Gasteiger partial charge in [-0.25, -0.2) is 0 Å². The normalized spacial score (nSPS) is 18.5. The zero-order chi connectivity index (χ0) is 25.5. The van der Waals surface area contributed by atoms with Crippen LogP contribution in [-0.2, 0) is 16.0 Å². The van der Waals surface area contributed by atoms with Gasteiger partial charge in [0.1, 0.15) is 5.57 Å². The van der Waals surface area contributed by atoms with E-state index in [0.29, 0.717) is 16.3 Å². The molecular weight excluding hydrogens is 478 g/mol. The van der Waals surface area contributed by atoms with Crippen LogP contribution in [0.5, 0.6) is 0 Å². The third-order valence-electron chi connectivity index (χ3n) is 6.56. The van der Waals surface area contributed by atoms with E-state index in [4.69, 9.17) is 23.8 Å². The minimum absolute atomic E-state index is 0.00505. The van der Waals surface area contributed by atoms with Gasteiger partial charge >= 0.3 is 0 Å². The Morgan fingerprint density at radius 2 is 1.83 bits per heavy atom. The molecule has 5 nitrogen and oxygen atoms in total. The van der Waals surface area contributed by atoms with Crippen LogP contribution in [0.25, 0.3) is 11.6 Å². The number of hydrogen-bond donors (Lipinski definition) is 1. The van der Waals surface area contributed by atoms with Crippen molar-refractivity contribution in [2.45, 2.75) is 53.0 Å². The number of aryl methyl sites for hydroxylation is 1. The van der Waals surface area contributed by atoms with Crippen molar-refractivity contribution in [2.24, 2.45) is 0 Å². The number of halogens is 1. The number of allylic oxidation sites excluding steroid dienone is 1. The summed E-state index contributed by atoms with van der Waals surface area (Å²) in [5.41, 5.74) is 5.34. The Morgan fingerprint density at radius 1 is 1.11 bits per heavy atom. The summed E-state index contributed by atoms with van der Waals surface area (Å²) in [5.74, 6) is -0.991. The summed E-state index contributed by atoms with van der Waals surface area (Å²) in [5, 5.41) is 3.23. The highest BCUT2D eigenvalue weighted by molar-refractivity contribution is 7.80. The van der Waals surface area contributed by atoms with Crippen LogP contribution < -0.4 is 15.1 Å². The number of benzene rings is 2. The van der Waals surface area contributed by atoms with Crippen molar-refractivity contribution in [1.82, 2.24) is 5.32 Å². The van der Waals surface area contributed by atoms with E-state index >= 15 is 0 Å². The van der Waals surface area contributed by atoms with Crippen molar-refractivity contribution in [3.8, 4) is 0 Å². The van der Waals surface area contributed by atoms with Gasteiger partial charge in [-0.05, 0) is 86.8 Å². The Hall–Kier alpha value is -2.96.